The quantitative estimate of drug-likeness (QED) is 0.564. The van der Waals surface area contributed by atoms with Crippen molar-refractivity contribution < 1.29 is 24.6 Å². The van der Waals surface area contributed by atoms with Crippen molar-refractivity contribution in [3.05, 3.63) is 58.6 Å². The van der Waals surface area contributed by atoms with E-state index in [1.807, 2.05) is 0 Å². The van der Waals surface area contributed by atoms with E-state index in [0.717, 1.165) is 11.0 Å². The zero-order valence-corrected chi connectivity index (χ0v) is 13.3. The molecular weight excluding hydrogens is 348 g/mol. The van der Waals surface area contributed by atoms with Crippen LogP contribution < -0.4 is 10.2 Å². The van der Waals surface area contributed by atoms with Gasteiger partial charge in [-0.25, -0.2) is 9.69 Å². The second-order valence-electron chi connectivity index (χ2n) is 5.18. The van der Waals surface area contributed by atoms with Crippen LogP contribution in [0.3, 0.4) is 0 Å². The van der Waals surface area contributed by atoms with Gasteiger partial charge in [0.25, 0.3) is 11.8 Å². The molecule has 2 aromatic carbocycles. The van der Waals surface area contributed by atoms with Gasteiger partial charge in [-0.15, -0.1) is 0 Å². The van der Waals surface area contributed by atoms with Crippen LogP contribution in [-0.4, -0.2) is 28.1 Å². The van der Waals surface area contributed by atoms with Crippen molar-refractivity contribution in [2.24, 2.45) is 0 Å². The first-order valence-corrected chi connectivity index (χ1v) is 7.43. The number of carbonyl (C=O) groups is 3. The normalized spacial score (nSPS) is 16.3. The van der Waals surface area contributed by atoms with E-state index in [2.05, 4.69) is 5.32 Å². The highest BCUT2D eigenvalue weighted by atomic mass is 35.5. The fourth-order valence-electron chi connectivity index (χ4n) is 2.29. The van der Waals surface area contributed by atoms with Crippen molar-refractivity contribution in [3.63, 3.8) is 0 Å². The third-order valence-electron chi connectivity index (χ3n) is 3.50. The molecule has 1 aliphatic rings. The van der Waals surface area contributed by atoms with E-state index >= 15 is 0 Å². The predicted octanol–water partition coefficient (Wildman–Crippen LogP) is 2.42. The van der Waals surface area contributed by atoms with Crippen LogP contribution in [0, 0.1) is 0 Å². The van der Waals surface area contributed by atoms with Crippen LogP contribution in [0.2, 0.25) is 5.02 Å². The van der Waals surface area contributed by atoms with E-state index in [0.29, 0.717) is 5.02 Å². The lowest BCUT2D eigenvalue weighted by atomic mass is 10.1. The monoisotopic (exact) mass is 358 g/mol. The molecule has 1 aliphatic heterocycles. The van der Waals surface area contributed by atoms with E-state index in [1.54, 1.807) is 0 Å². The van der Waals surface area contributed by atoms with E-state index in [9.17, 15) is 24.6 Å². The molecule has 2 aromatic rings. The lowest BCUT2D eigenvalue weighted by Crippen LogP contribution is -2.54. The number of imide groups is 2. The van der Waals surface area contributed by atoms with Crippen LogP contribution in [0.25, 0.3) is 6.08 Å². The van der Waals surface area contributed by atoms with Crippen molar-refractivity contribution in [2.75, 3.05) is 4.90 Å². The van der Waals surface area contributed by atoms with E-state index in [1.165, 1.54) is 42.5 Å². The number of urea groups is 1. The fourth-order valence-corrected chi connectivity index (χ4v) is 2.47. The van der Waals surface area contributed by atoms with Crippen LogP contribution in [0.15, 0.2) is 48.0 Å². The molecule has 1 saturated heterocycles. The van der Waals surface area contributed by atoms with Crippen molar-refractivity contribution in [3.8, 4) is 11.5 Å². The Morgan fingerprint density at radius 3 is 2.36 bits per heavy atom. The standard InChI is InChI=1S/C17H11ClN2O5/c18-10-1-6-14(22)9(7-10)8-13-15(23)19-17(25)20(16(13)24)11-2-4-12(21)5-3-11/h1-8,21-22H,(H,19,23,25)/b13-8+. The number of nitrogens with one attached hydrogen (secondary N) is 1. The maximum atomic E-state index is 12.6. The smallest absolute Gasteiger partial charge is 0.335 e. The second-order valence-corrected chi connectivity index (χ2v) is 5.61. The number of benzene rings is 2. The van der Waals surface area contributed by atoms with Gasteiger partial charge >= 0.3 is 6.03 Å². The number of carbonyl (C=O) groups excluding carboxylic acids is 3. The molecule has 0 spiro atoms. The number of barbiturate groups is 1. The van der Waals surface area contributed by atoms with Crippen LogP contribution in [0.5, 0.6) is 11.5 Å². The minimum Gasteiger partial charge on any atom is -0.508 e. The Bertz CT molecular complexity index is 921. The highest BCUT2D eigenvalue weighted by Crippen LogP contribution is 2.27. The Hall–Kier alpha value is -3.32. The Morgan fingerprint density at radius 1 is 1.00 bits per heavy atom. The highest BCUT2D eigenvalue weighted by molar-refractivity contribution is 6.39. The summed E-state index contributed by atoms with van der Waals surface area (Å²) in [4.78, 5) is 37.5. The summed E-state index contributed by atoms with van der Waals surface area (Å²) in [6.45, 7) is 0. The number of amides is 4. The Kier molecular flexibility index (Phi) is 4.16. The molecule has 0 aromatic heterocycles. The number of nitrogens with zero attached hydrogens (tertiary/aromatic N) is 1. The summed E-state index contributed by atoms with van der Waals surface area (Å²) in [5.74, 6) is -1.96. The number of aromatic hydroxyl groups is 2. The third kappa shape index (κ3) is 3.17. The number of hydrogen-bond acceptors (Lipinski definition) is 5. The first-order valence-electron chi connectivity index (χ1n) is 7.06. The summed E-state index contributed by atoms with van der Waals surface area (Å²) in [7, 11) is 0. The first kappa shape index (κ1) is 16.5. The van der Waals surface area contributed by atoms with E-state index in [4.69, 9.17) is 11.6 Å². The maximum Gasteiger partial charge on any atom is 0.335 e. The molecule has 0 radical (unpaired) electrons. The minimum atomic E-state index is -0.909. The summed E-state index contributed by atoms with van der Waals surface area (Å²) in [6, 6.07) is 8.57. The van der Waals surface area contributed by atoms with Gasteiger partial charge < -0.3 is 10.2 Å². The van der Waals surface area contributed by atoms with Gasteiger partial charge in [0.05, 0.1) is 5.69 Å². The van der Waals surface area contributed by atoms with Gasteiger partial charge in [-0.3, -0.25) is 14.9 Å². The summed E-state index contributed by atoms with van der Waals surface area (Å²) < 4.78 is 0. The average molecular weight is 359 g/mol. The van der Waals surface area contributed by atoms with Gasteiger partial charge in [-0.1, -0.05) is 11.6 Å². The van der Waals surface area contributed by atoms with Gasteiger partial charge in [0.1, 0.15) is 17.1 Å². The largest absolute Gasteiger partial charge is 0.508 e. The predicted molar refractivity (Wildman–Crippen MR) is 90.2 cm³/mol. The van der Waals surface area contributed by atoms with Crippen molar-refractivity contribution in [1.29, 1.82) is 0 Å². The molecule has 1 heterocycles. The fraction of sp³-hybridized carbons (Fsp3) is 0. The molecule has 0 saturated carbocycles. The molecule has 0 aliphatic carbocycles. The molecule has 25 heavy (non-hydrogen) atoms. The minimum absolute atomic E-state index is 0.0377. The van der Waals surface area contributed by atoms with Gasteiger partial charge in [0.2, 0.25) is 0 Å². The second kappa shape index (κ2) is 6.29. The van der Waals surface area contributed by atoms with Gasteiger partial charge in [0, 0.05) is 10.6 Å². The molecule has 8 heteroatoms. The van der Waals surface area contributed by atoms with Crippen molar-refractivity contribution >= 4 is 41.2 Å². The topological polar surface area (TPSA) is 107 Å². The number of phenolic OH excluding ortho intramolecular Hbond substituents is 2. The number of anilines is 1. The van der Waals surface area contributed by atoms with E-state index < -0.39 is 17.8 Å². The summed E-state index contributed by atoms with van der Waals surface area (Å²) >= 11 is 5.86. The zero-order valence-electron chi connectivity index (χ0n) is 12.6. The SMILES string of the molecule is O=C1NC(=O)N(c2ccc(O)cc2)C(=O)/C1=C/c1cc(Cl)ccc1O. The number of halogens is 1. The van der Waals surface area contributed by atoms with Crippen LogP contribution in [0.1, 0.15) is 5.56 Å². The van der Waals surface area contributed by atoms with Gasteiger partial charge in [-0.2, -0.15) is 0 Å². The molecule has 4 amide bonds. The Labute approximate surface area is 146 Å². The lowest BCUT2D eigenvalue weighted by Gasteiger charge is -2.26. The van der Waals surface area contributed by atoms with Crippen molar-refractivity contribution in [1.82, 2.24) is 5.32 Å². The summed E-state index contributed by atoms with van der Waals surface area (Å²) in [5, 5.41) is 21.5. The van der Waals surface area contributed by atoms with Crippen LogP contribution >= 0.6 is 11.6 Å². The summed E-state index contributed by atoms with van der Waals surface area (Å²) in [6.07, 6.45) is 1.15. The number of hydrogen-bond donors (Lipinski definition) is 3. The highest BCUT2D eigenvalue weighted by Gasteiger charge is 2.36. The Morgan fingerprint density at radius 2 is 1.68 bits per heavy atom. The van der Waals surface area contributed by atoms with Crippen LogP contribution in [0.4, 0.5) is 10.5 Å². The third-order valence-corrected chi connectivity index (χ3v) is 3.73. The molecular formula is C17H11ClN2O5. The zero-order chi connectivity index (χ0) is 18.1. The average Bonchev–Trinajstić information content (AvgIpc) is 2.56. The van der Waals surface area contributed by atoms with E-state index in [-0.39, 0.29) is 28.3 Å². The number of phenols is 2. The van der Waals surface area contributed by atoms with Gasteiger partial charge in [-0.05, 0) is 48.5 Å². The molecule has 3 rings (SSSR count). The molecule has 3 N–H and O–H groups in total. The molecule has 126 valence electrons. The maximum absolute atomic E-state index is 12.6. The molecule has 0 bridgehead atoms. The lowest BCUT2D eigenvalue weighted by molar-refractivity contribution is -0.122. The Balaban J connectivity index is 2.05. The molecule has 0 unspecified atom stereocenters. The van der Waals surface area contributed by atoms with Crippen LogP contribution in [-0.2, 0) is 9.59 Å². The van der Waals surface area contributed by atoms with Crippen molar-refractivity contribution in [2.45, 2.75) is 0 Å². The van der Waals surface area contributed by atoms with Gasteiger partial charge in [0.15, 0.2) is 0 Å². The summed E-state index contributed by atoms with van der Waals surface area (Å²) in [5.41, 5.74) is -0.00902. The number of rotatable bonds is 2. The molecule has 1 fully saturated rings. The molecule has 7 nitrogen and oxygen atoms in total. The first-order chi connectivity index (χ1) is 11.9. The molecule has 0 atom stereocenters.